The van der Waals surface area contributed by atoms with Gasteiger partial charge in [-0.15, -0.1) is 0 Å². The third kappa shape index (κ3) is 5.89. The van der Waals surface area contributed by atoms with Crippen molar-refractivity contribution in [3.05, 3.63) is 95.6 Å². The van der Waals surface area contributed by atoms with E-state index in [1.54, 1.807) is 0 Å². The van der Waals surface area contributed by atoms with Crippen LogP contribution >= 0.6 is 0 Å². The second-order valence-corrected chi connectivity index (χ2v) is 9.37. The molecule has 6 nitrogen and oxygen atoms in total. The second kappa shape index (κ2) is 10.7. The molecule has 2 saturated heterocycles. The van der Waals surface area contributed by atoms with Crippen molar-refractivity contribution < 1.29 is 9.59 Å². The zero-order valence-electron chi connectivity index (χ0n) is 20.0. The van der Waals surface area contributed by atoms with Crippen LogP contribution in [0.3, 0.4) is 0 Å². The van der Waals surface area contributed by atoms with Crippen molar-refractivity contribution in [3.63, 3.8) is 0 Å². The molecule has 1 N–H and O–H groups in total. The molecule has 180 valence electrons. The van der Waals surface area contributed by atoms with Crippen LogP contribution in [0.4, 0.5) is 11.4 Å². The summed E-state index contributed by atoms with van der Waals surface area (Å²) >= 11 is 0. The number of rotatable bonds is 7. The lowest BCUT2D eigenvalue weighted by atomic mass is 10.1. The van der Waals surface area contributed by atoms with Crippen LogP contribution in [0.25, 0.3) is 0 Å². The number of carbonyl (C=O) groups is 2. The SMILES string of the molecule is O=C(Nc1ccc(N2CCN(Cc3ccccc3)CC2)cc1)c1cccc(CN2CCCC2=O)c1. The van der Waals surface area contributed by atoms with Crippen LogP contribution in [0.15, 0.2) is 78.9 Å². The number of likely N-dealkylation sites (tertiary alicyclic amines) is 1. The molecule has 3 aromatic carbocycles. The minimum Gasteiger partial charge on any atom is -0.369 e. The molecule has 2 amide bonds. The number of nitrogens with zero attached hydrogens (tertiary/aromatic N) is 3. The van der Waals surface area contributed by atoms with Crippen LogP contribution in [-0.4, -0.2) is 54.3 Å². The molecule has 3 aromatic rings. The van der Waals surface area contributed by atoms with Gasteiger partial charge in [0.15, 0.2) is 0 Å². The van der Waals surface area contributed by atoms with Crippen molar-refractivity contribution in [2.45, 2.75) is 25.9 Å². The van der Waals surface area contributed by atoms with Crippen LogP contribution in [0.5, 0.6) is 0 Å². The molecule has 0 atom stereocenters. The predicted molar refractivity (Wildman–Crippen MR) is 139 cm³/mol. The zero-order chi connectivity index (χ0) is 24.0. The highest BCUT2D eigenvalue weighted by Crippen LogP contribution is 2.21. The molecule has 0 saturated carbocycles. The van der Waals surface area contributed by atoms with E-state index in [1.807, 2.05) is 41.3 Å². The summed E-state index contributed by atoms with van der Waals surface area (Å²) in [7, 11) is 0. The van der Waals surface area contributed by atoms with Crippen LogP contribution in [0.2, 0.25) is 0 Å². The third-order valence-corrected chi connectivity index (χ3v) is 6.85. The maximum absolute atomic E-state index is 12.8. The van der Waals surface area contributed by atoms with Gasteiger partial charge in [-0.05, 0) is 53.9 Å². The highest BCUT2D eigenvalue weighted by molar-refractivity contribution is 6.04. The molecule has 2 fully saturated rings. The first-order valence-corrected chi connectivity index (χ1v) is 12.4. The summed E-state index contributed by atoms with van der Waals surface area (Å²) in [6.07, 6.45) is 1.54. The molecule has 6 heteroatoms. The van der Waals surface area contributed by atoms with Gasteiger partial charge in [-0.25, -0.2) is 0 Å². The van der Waals surface area contributed by atoms with Gasteiger partial charge in [0.05, 0.1) is 0 Å². The van der Waals surface area contributed by atoms with Gasteiger partial charge in [-0.3, -0.25) is 14.5 Å². The number of hydrogen-bond acceptors (Lipinski definition) is 4. The number of carbonyl (C=O) groups excluding carboxylic acids is 2. The Bertz CT molecular complexity index is 1150. The molecule has 2 heterocycles. The summed E-state index contributed by atoms with van der Waals surface area (Å²) in [5, 5.41) is 3.01. The van der Waals surface area contributed by atoms with E-state index in [-0.39, 0.29) is 11.8 Å². The van der Waals surface area contributed by atoms with Crippen molar-refractivity contribution in [3.8, 4) is 0 Å². The number of hydrogen-bond donors (Lipinski definition) is 1. The molecule has 0 radical (unpaired) electrons. The number of anilines is 2. The highest BCUT2D eigenvalue weighted by Gasteiger charge is 2.20. The number of amides is 2. The average molecular weight is 469 g/mol. The fourth-order valence-electron chi connectivity index (χ4n) is 4.87. The molecule has 0 aliphatic carbocycles. The van der Waals surface area contributed by atoms with Gasteiger partial charge in [0.25, 0.3) is 5.91 Å². The first-order chi connectivity index (χ1) is 17.1. The molecule has 0 bridgehead atoms. The zero-order valence-corrected chi connectivity index (χ0v) is 20.0. The first-order valence-electron chi connectivity index (χ1n) is 12.4. The van der Waals surface area contributed by atoms with E-state index in [0.717, 1.165) is 56.9 Å². The standard InChI is InChI=1S/C29H32N4O2/c34-28-10-5-15-33(28)22-24-8-4-9-25(20-24)29(35)30-26-11-13-27(14-12-26)32-18-16-31(17-19-32)21-23-6-2-1-3-7-23/h1-4,6-9,11-14,20H,5,10,15-19,21-22H2,(H,30,35). The molecule has 2 aliphatic heterocycles. The Morgan fingerprint density at radius 2 is 1.51 bits per heavy atom. The molecular weight excluding hydrogens is 436 g/mol. The van der Waals surface area contributed by atoms with Crippen molar-refractivity contribution in [1.82, 2.24) is 9.80 Å². The Kier molecular flexibility index (Phi) is 7.09. The third-order valence-electron chi connectivity index (χ3n) is 6.85. The minimum atomic E-state index is -0.137. The lowest BCUT2D eigenvalue weighted by Gasteiger charge is -2.36. The Labute approximate surface area is 207 Å². The van der Waals surface area contributed by atoms with Crippen molar-refractivity contribution >= 4 is 23.2 Å². The van der Waals surface area contributed by atoms with Gasteiger partial charge in [-0.2, -0.15) is 0 Å². The largest absolute Gasteiger partial charge is 0.369 e. The predicted octanol–water partition coefficient (Wildman–Crippen LogP) is 4.38. The normalized spacial score (nSPS) is 16.5. The smallest absolute Gasteiger partial charge is 0.255 e. The van der Waals surface area contributed by atoms with Crippen LogP contribution in [-0.2, 0) is 17.9 Å². The number of piperazine rings is 1. The van der Waals surface area contributed by atoms with Gasteiger partial charge in [0, 0.05) is 69.2 Å². The van der Waals surface area contributed by atoms with Gasteiger partial charge < -0.3 is 15.1 Å². The summed E-state index contributed by atoms with van der Waals surface area (Å²) in [6.45, 7) is 6.40. The second-order valence-electron chi connectivity index (χ2n) is 9.37. The fourth-order valence-corrected chi connectivity index (χ4v) is 4.87. The van der Waals surface area contributed by atoms with E-state index < -0.39 is 0 Å². The Balaban J connectivity index is 1.14. The summed E-state index contributed by atoms with van der Waals surface area (Å²) < 4.78 is 0. The maximum atomic E-state index is 12.8. The van der Waals surface area contributed by atoms with E-state index in [1.165, 1.54) is 11.3 Å². The van der Waals surface area contributed by atoms with Gasteiger partial charge in [-0.1, -0.05) is 42.5 Å². The molecule has 35 heavy (non-hydrogen) atoms. The topological polar surface area (TPSA) is 55.9 Å². The summed E-state index contributed by atoms with van der Waals surface area (Å²) in [5.41, 5.74) is 4.90. The maximum Gasteiger partial charge on any atom is 0.255 e. The van der Waals surface area contributed by atoms with E-state index in [0.29, 0.717) is 18.5 Å². The molecular formula is C29H32N4O2. The summed E-state index contributed by atoms with van der Waals surface area (Å²) in [5.74, 6) is 0.0550. The Hall–Kier alpha value is -3.64. The quantitative estimate of drug-likeness (QED) is 0.559. The molecule has 0 aromatic heterocycles. The molecule has 2 aliphatic rings. The van der Waals surface area contributed by atoms with Crippen molar-refractivity contribution in [2.75, 3.05) is 42.9 Å². The van der Waals surface area contributed by atoms with Gasteiger partial charge in [0.1, 0.15) is 0 Å². The first kappa shape index (κ1) is 23.1. The monoisotopic (exact) mass is 468 g/mol. The number of nitrogens with one attached hydrogen (secondary N) is 1. The minimum absolute atomic E-state index is 0.137. The Morgan fingerprint density at radius 1 is 0.771 bits per heavy atom. The van der Waals surface area contributed by atoms with Crippen LogP contribution in [0, 0.1) is 0 Å². The Morgan fingerprint density at radius 3 is 2.23 bits per heavy atom. The van der Waals surface area contributed by atoms with Gasteiger partial charge in [0.2, 0.25) is 5.91 Å². The van der Waals surface area contributed by atoms with Crippen molar-refractivity contribution in [2.24, 2.45) is 0 Å². The molecule has 5 rings (SSSR count). The fraction of sp³-hybridized carbons (Fsp3) is 0.310. The van der Waals surface area contributed by atoms with Gasteiger partial charge >= 0.3 is 0 Å². The number of benzene rings is 3. The van der Waals surface area contributed by atoms with E-state index in [4.69, 9.17) is 0 Å². The molecule has 0 unspecified atom stereocenters. The lowest BCUT2D eigenvalue weighted by molar-refractivity contribution is -0.128. The van der Waals surface area contributed by atoms with E-state index in [9.17, 15) is 9.59 Å². The van der Waals surface area contributed by atoms with Crippen LogP contribution in [0.1, 0.15) is 34.3 Å². The van der Waals surface area contributed by atoms with E-state index >= 15 is 0 Å². The summed E-state index contributed by atoms with van der Waals surface area (Å²) in [4.78, 5) is 31.5. The van der Waals surface area contributed by atoms with Crippen molar-refractivity contribution in [1.29, 1.82) is 0 Å². The molecule has 0 spiro atoms. The van der Waals surface area contributed by atoms with E-state index in [2.05, 4.69) is 57.6 Å². The summed E-state index contributed by atoms with van der Waals surface area (Å²) in [6, 6.07) is 26.3. The lowest BCUT2D eigenvalue weighted by Crippen LogP contribution is -2.45. The van der Waals surface area contributed by atoms with Crippen LogP contribution < -0.4 is 10.2 Å². The highest BCUT2D eigenvalue weighted by atomic mass is 16.2. The average Bonchev–Trinajstić information content (AvgIpc) is 3.30.